The van der Waals surface area contributed by atoms with Crippen LogP contribution < -0.4 is 10.6 Å². The SMILES string of the molecule is CC[C@H](NC(=O)O[C@H]1CCOC1)[C@H](O)CN(C1C[CH-]CC1)[C@H]1CC2(CCOCC2)NC1=O.[Y]. The zero-order valence-corrected chi connectivity index (χ0v) is 22.5. The number of nitrogens with zero attached hydrogens (tertiary/aromatic N) is 1. The maximum atomic E-state index is 13.1. The van der Waals surface area contributed by atoms with Gasteiger partial charge in [0.2, 0.25) is 5.91 Å². The maximum Gasteiger partial charge on any atom is 0.407 e. The quantitative estimate of drug-likeness (QED) is 0.396. The third-order valence-corrected chi connectivity index (χ3v) is 7.50. The van der Waals surface area contributed by atoms with Crippen molar-refractivity contribution in [2.24, 2.45) is 0 Å². The molecule has 3 saturated heterocycles. The molecule has 1 spiro atoms. The Labute approximate surface area is 221 Å². The number of ether oxygens (including phenoxy) is 3. The van der Waals surface area contributed by atoms with Gasteiger partial charge in [0.05, 0.1) is 31.4 Å². The van der Waals surface area contributed by atoms with Crippen molar-refractivity contribution in [3.63, 3.8) is 0 Å². The summed E-state index contributed by atoms with van der Waals surface area (Å²) in [5.74, 6) is 0.0488. The predicted octanol–water partition coefficient (Wildman–Crippen LogP) is 1.13. The van der Waals surface area contributed by atoms with Crippen molar-refractivity contribution in [2.45, 2.75) is 94.2 Å². The van der Waals surface area contributed by atoms with Gasteiger partial charge in [0.15, 0.2) is 0 Å². The summed E-state index contributed by atoms with van der Waals surface area (Å²) in [6, 6.07) is -0.478. The number of carbonyl (C=O) groups excluding carboxylic acids is 2. The number of aliphatic hydroxyl groups excluding tert-OH is 1. The van der Waals surface area contributed by atoms with Crippen LogP contribution in [0.2, 0.25) is 0 Å². The fourth-order valence-electron chi connectivity index (χ4n) is 5.54. The zero-order chi connectivity index (χ0) is 22.6. The van der Waals surface area contributed by atoms with Gasteiger partial charge in [-0.15, -0.1) is 0 Å². The van der Waals surface area contributed by atoms with Gasteiger partial charge in [0.25, 0.3) is 0 Å². The van der Waals surface area contributed by atoms with Crippen LogP contribution in [0.3, 0.4) is 0 Å². The molecule has 1 unspecified atom stereocenters. The molecule has 1 radical (unpaired) electrons. The third-order valence-electron chi connectivity index (χ3n) is 7.50. The second kappa shape index (κ2) is 12.6. The van der Waals surface area contributed by atoms with Crippen molar-refractivity contribution in [1.29, 1.82) is 0 Å². The Bertz CT molecular complexity index is 650. The number of rotatable bonds is 8. The van der Waals surface area contributed by atoms with E-state index in [1.54, 1.807) is 0 Å². The van der Waals surface area contributed by atoms with E-state index in [4.69, 9.17) is 14.2 Å². The Morgan fingerprint density at radius 2 is 2.12 bits per heavy atom. The van der Waals surface area contributed by atoms with Crippen molar-refractivity contribution in [3.05, 3.63) is 6.42 Å². The van der Waals surface area contributed by atoms with Gasteiger partial charge in [-0.2, -0.15) is 12.8 Å². The van der Waals surface area contributed by atoms with Crippen molar-refractivity contribution >= 4 is 12.0 Å². The number of alkyl carbamates (subject to hydrolysis) is 1. The second-order valence-corrected chi connectivity index (χ2v) is 9.67. The minimum Gasteiger partial charge on any atom is -0.444 e. The molecule has 3 aliphatic heterocycles. The van der Waals surface area contributed by atoms with Crippen LogP contribution >= 0.6 is 0 Å². The number of hydrogen-bond donors (Lipinski definition) is 3. The zero-order valence-electron chi connectivity index (χ0n) is 19.7. The molecule has 4 rings (SSSR count). The Morgan fingerprint density at radius 1 is 1.33 bits per heavy atom. The molecule has 10 heteroatoms. The first-order valence-electron chi connectivity index (χ1n) is 12.2. The normalized spacial score (nSPS) is 30.6. The van der Waals surface area contributed by atoms with Crippen LogP contribution in [0.4, 0.5) is 4.79 Å². The molecule has 3 heterocycles. The van der Waals surface area contributed by atoms with E-state index in [1.807, 2.05) is 6.92 Å². The molecule has 9 nitrogen and oxygen atoms in total. The standard InChI is InChI=1S/C23H38N3O6.Y/c1-2-18(24-22(29)32-17-7-10-31-15-17)20(27)14-26(16-5-3-4-6-16)19-13-23(25-21(19)28)8-11-30-12-9-23;/h3,16-20,27H,2,4-15H2,1H3,(H,24,29)(H,25,28);/q-1;/t16?,17-,18-,19-,20+;/m0./s1. The van der Waals surface area contributed by atoms with E-state index < -0.39 is 18.2 Å². The van der Waals surface area contributed by atoms with E-state index in [2.05, 4.69) is 22.0 Å². The van der Waals surface area contributed by atoms with E-state index >= 15 is 0 Å². The summed E-state index contributed by atoms with van der Waals surface area (Å²) in [6.45, 7) is 4.63. The van der Waals surface area contributed by atoms with Crippen molar-refractivity contribution in [3.8, 4) is 0 Å². The summed E-state index contributed by atoms with van der Waals surface area (Å²) in [7, 11) is 0. The molecule has 33 heavy (non-hydrogen) atoms. The van der Waals surface area contributed by atoms with Crippen LogP contribution in [0.1, 0.15) is 58.3 Å². The molecule has 3 N–H and O–H groups in total. The third kappa shape index (κ3) is 6.88. The fourth-order valence-corrected chi connectivity index (χ4v) is 5.54. The number of amides is 2. The van der Waals surface area contributed by atoms with Gasteiger partial charge in [-0.3, -0.25) is 9.69 Å². The second-order valence-electron chi connectivity index (χ2n) is 9.67. The number of carbonyl (C=O) groups is 2. The molecule has 185 valence electrons. The molecule has 0 aromatic heterocycles. The van der Waals surface area contributed by atoms with Gasteiger partial charge in [-0.05, 0) is 31.7 Å². The smallest absolute Gasteiger partial charge is 0.407 e. The molecule has 0 aromatic carbocycles. The number of nitrogens with one attached hydrogen (secondary N) is 2. The molecule has 0 aromatic rings. The molecule has 4 aliphatic rings. The van der Waals surface area contributed by atoms with E-state index in [1.165, 1.54) is 0 Å². The van der Waals surface area contributed by atoms with Crippen molar-refractivity contribution < 1.29 is 61.6 Å². The van der Waals surface area contributed by atoms with Crippen molar-refractivity contribution in [2.75, 3.05) is 33.0 Å². The van der Waals surface area contributed by atoms with Gasteiger partial charge in [0.1, 0.15) is 6.10 Å². The molecule has 4 fully saturated rings. The van der Waals surface area contributed by atoms with Gasteiger partial charge < -0.3 is 36.4 Å². The molecule has 5 atom stereocenters. The van der Waals surface area contributed by atoms with Crippen LogP contribution in [0.25, 0.3) is 0 Å². The van der Waals surface area contributed by atoms with E-state index in [9.17, 15) is 14.7 Å². The van der Waals surface area contributed by atoms with E-state index in [0.717, 1.165) is 38.5 Å². The first-order valence-corrected chi connectivity index (χ1v) is 12.2. The summed E-state index contributed by atoms with van der Waals surface area (Å²) in [6.07, 6.45) is 7.31. The van der Waals surface area contributed by atoms with Gasteiger partial charge >= 0.3 is 6.09 Å². The summed E-state index contributed by atoms with van der Waals surface area (Å²) >= 11 is 0. The first kappa shape index (κ1) is 27.3. The van der Waals surface area contributed by atoms with Crippen molar-refractivity contribution in [1.82, 2.24) is 15.5 Å². The summed E-state index contributed by atoms with van der Waals surface area (Å²) in [5, 5.41) is 17.2. The van der Waals surface area contributed by atoms with Crippen LogP contribution in [-0.2, 0) is 51.7 Å². The Balaban J connectivity index is 0.00000306. The Hall–Kier alpha value is -0.316. The monoisotopic (exact) mass is 541 g/mol. The fraction of sp³-hybridized carbons (Fsp3) is 0.870. The summed E-state index contributed by atoms with van der Waals surface area (Å²) < 4.78 is 16.2. The summed E-state index contributed by atoms with van der Waals surface area (Å²) in [4.78, 5) is 27.6. The van der Waals surface area contributed by atoms with E-state index in [-0.39, 0.29) is 62.3 Å². The number of aliphatic hydroxyl groups is 1. The molecule has 0 bridgehead atoms. The largest absolute Gasteiger partial charge is 0.444 e. The molecule has 1 aliphatic carbocycles. The Morgan fingerprint density at radius 3 is 2.76 bits per heavy atom. The predicted molar refractivity (Wildman–Crippen MR) is 117 cm³/mol. The van der Waals surface area contributed by atoms with E-state index in [0.29, 0.717) is 45.8 Å². The molecule has 2 amide bonds. The van der Waals surface area contributed by atoms with Crippen LogP contribution in [0, 0.1) is 6.42 Å². The minimum absolute atomic E-state index is 0. The first-order chi connectivity index (χ1) is 15.5. The average molecular weight is 541 g/mol. The van der Waals surface area contributed by atoms with Crippen LogP contribution in [-0.4, -0.2) is 90.9 Å². The Kier molecular flexibility index (Phi) is 10.4. The average Bonchev–Trinajstić information content (AvgIpc) is 3.53. The molecular weight excluding hydrogens is 503 g/mol. The van der Waals surface area contributed by atoms with Gasteiger partial charge in [-0.25, -0.2) is 4.79 Å². The maximum absolute atomic E-state index is 13.1. The molecular formula is C23H38N3O6Y-. The van der Waals surface area contributed by atoms with Gasteiger partial charge in [-0.1, -0.05) is 13.3 Å². The van der Waals surface area contributed by atoms with Crippen LogP contribution in [0.15, 0.2) is 0 Å². The topological polar surface area (TPSA) is 109 Å². The van der Waals surface area contributed by atoms with Gasteiger partial charge in [0, 0.05) is 64.4 Å². The number of hydrogen-bond acceptors (Lipinski definition) is 7. The van der Waals surface area contributed by atoms with Crippen LogP contribution in [0.5, 0.6) is 0 Å². The molecule has 1 saturated carbocycles. The summed E-state index contributed by atoms with van der Waals surface area (Å²) in [5.41, 5.74) is -0.193. The minimum atomic E-state index is -0.799.